The Hall–Kier alpha value is -3.00. The van der Waals surface area contributed by atoms with Crippen molar-refractivity contribution in [3.8, 4) is 11.1 Å². The zero-order valence-electron chi connectivity index (χ0n) is 13.9. The van der Waals surface area contributed by atoms with E-state index in [1.807, 2.05) is 0 Å². The summed E-state index contributed by atoms with van der Waals surface area (Å²) in [6, 6.07) is 7.68. The molecule has 0 radical (unpaired) electrons. The third-order valence-corrected chi connectivity index (χ3v) is 4.14. The number of pyridine rings is 1. The first kappa shape index (κ1) is 17.8. The Bertz CT molecular complexity index is 843. The second kappa shape index (κ2) is 7.49. The van der Waals surface area contributed by atoms with Crippen molar-refractivity contribution in [3.63, 3.8) is 0 Å². The Morgan fingerprint density at radius 2 is 2.19 bits per heavy atom. The predicted molar refractivity (Wildman–Crippen MR) is 91.6 cm³/mol. The van der Waals surface area contributed by atoms with Crippen LogP contribution in [0.3, 0.4) is 0 Å². The maximum Gasteiger partial charge on any atom is 0.414 e. The molecule has 1 aliphatic heterocycles. The van der Waals surface area contributed by atoms with Gasteiger partial charge >= 0.3 is 6.09 Å². The maximum absolute atomic E-state index is 14.6. The molecule has 1 saturated heterocycles. The van der Waals surface area contributed by atoms with Gasteiger partial charge in [-0.3, -0.25) is 14.7 Å². The second-order valence-electron chi connectivity index (χ2n) is 5.98. The van der Waals surface area contributed by atoms with Gasteiger partial charge in [-0.15, -0.1) is 0 Å². The molecule has 3 N–H and O–H groups in total. The average molecular weight is 359 g/mol. The standard InChI is InChI=1S/C18H18FN3O4/c19-16-8-13(22-9-14(26-18(22)25)2-4-17(20)24)1-3-15(16)11-5-6-21-12(7-11)10-23/h1,3,5-8,14,23H,2,4,9-10H2,(H2,20,24). The molecule has 1 fully saturated rings. The number of aliphatic hydroxyl groups excluding tert-OH is 1. The fourth-order valence-corrected chi connectivity index (χ4v) is 2.82. The van der Waals surface area contributed by atoms with Gasteiger partial charge in [-0.05, 0) is 42.3 Å². The van der Waals surface area contributed by atoms with Crippen molar-refractivity contribution in [1.29, 1.82) is 0 Å². The van der Waals surface area contributed by atoms with E-state index in [0.29, 0.717) is 28.9 Å². The number of rotatable bonds is 6. The number of amides is 2. The van der Waals surface area contributed by atoms with Gasteiger partial charge in [0.1, 0.15) is 11.9 Å². The van der Waals surface area contributed by atoms with Gasteiger partial charge in [0.2, 0.25) is 5.91 Å². The van der Waals surface area contributed by atoms with Crippen LogP contribution in [-0.2, 0) is 16.1 Å². The SMILES string of the molecule is NC(=O)CCC1CN(c2ccc(-c3ccnc(CO)c3)c(F)c2)C(=O)O1. The lowest BCUT2D eigenvalue weighted by Crippen LogP contribution is -2.25. The number of anilines is 1. The predicted octanol–water partition coefficient (Wildman–Crippen LogP) is 1.97. The number of nitrogens with two attached hydrogens (primary N) is 1. The summed E-state index contributed by atoms with van der Waals surface area (Å²) in [4.78, 5) is 28.1. The fourth-order valence-electron chi connectivity index (χ4n) is 2.82. The van der Waals surface area contributed by atoms with Crippen LogP contribution >= 0.6 is 0 Å². The van der Waals surface area contributed by atoms with Crippen LogP contribution in [0.2, 0.25) is 0 Å². The van der Waals surface area contributed by atoms with Gasteiger partial charge in [-0.1, -0.05) is 0 Å². The van der Waals surface area contributed by atoms with Crippen molar-refractivity contribution in [3.05, 3.63) is 48.0 Å². The summed E-state index contributed by atoms with van der Waals surface area (Å²) in [5.74, 6) is -0.972. The van der Waals surface area contributed by atoms with Crippen LogP contribution in [0.15, 0.2) is 36.5 Å². The van der Waals surface area contributed by atoms with E-state index in [2.05, 4.69) is 4.98 Å². The molecule has 1 aliphatic rings. The van der Waals surface area contributed by atoms with E-state index >= 15 is 0 Å². The van der Waals surface area contributed by atoms with Crippen molar-refractivity contribution >= 4 is 17.7 Å². The van der Waals surface area contributed by atoms with Crippen molar-refractivity contribution < 1.29 is 23.8 Å². The highest BCUT2D eigenvalue weighted by Crippen LogP contribution is 2.29. The highest BCUT2D eigenvalue weighted by atomic mass is 19.1. The molecule has 1 aromatic carbocycles. The minimum absolute atomic E-state index is 0.119. The third-order valence-electron chi connectivity index (χ3n) is 4.14. The van der Waals surface area contributed by atoms with E-state index in [9.17, 15) is 14.0 Å². The number of carbonyl (C=O) groups excluding carboxylic acids is 2. The quantitative estimate of drug-likeness (QED) is 0.820. The van der Waals surface area contributed by atoms with E-state index in [-0.39, 0.29) is 19.6 Å². The molecular formula is C18H18FN3O4. The molecule has 0 saturated carbocycles. The normalized spacial score (nSPS) is 16.6. The Balaban J connectivity index is 1.79. The van der Waals surface area contributed by atoms with Crippen molar-refractivity contribution in [1.82, 2.24) is 4.98 Å². The summed E-state index contributed by atoms with van der Waals surface area (Å²) in [6.45, 7) is -0.00529. The number of carbonyl (C=O) groups is 2. The molecular weight excluding hydrogens is 341 g/mol. The van der Waals surface area contributed by atoms with Crippen LogP contribution < -0.4 is 10.6 Å². The highest BCUT2D eigenvalue weighted by Gasteiger charge is 2.32. The topological polar surface area (TPSA) is 106 Å². The Kier molecular flexibility index (Phi) is 5.13. The lowest BCUT2D eigenvalue weighted by Gasteiger charge is -2.14. The molecule has 7 nitrogen and oxygen atoms in total. The van der Waals surface area contributed by atoms with Gasteiger partial charge in [-0.25, -0.2) is 9.18 Å². The Labute approximate surface area is 149 Å². The van der Waals surface area contributed by atoms with Crippen LogP contribution in [0.25, 0.3) is 11.1 Å². The van der Waals surface area contributed by atoms with E-state index in [1.165, 1.54) is 17.2 Å². The summed E-state index contributed by atoms with van der Waals surface area (Å²) in [5, 5.41) is 9.15. The summed E-state index contributed by atoms with van der Waals surface area (Å²) >= 11 is 0. The molecule has 8 heteroatoms. The number of benzene rings is 1. The molecule has 0 bridgehead atoms. The van der Waals surface area contributed by atoms with Gasteiger partial charge < -0.3 is 15.6 Å². The number of ether oxygens (including phenoxy) is 1. The molecule has 2 amide bonds. The first-order valence-electron chi connectivity index (χ1n) is 8.10. The molecule has 2 heterocycles. The zero-order chi connectivity index (χ0) is 18.7. The van der Waals surface area contributed by atoms with Crippen LogP contribution in [0.1, 0.15) is 18.5 Å². The molecule has 1 aromatic heterocycles. The van der Waals surface area contributed by atoms with Crippen molar-refractivity contribution in [2.24, 2.45) is 5.73 Å². The largest absolute Gasteiger partial charge is 0.444 e. The monoisotopic (exact) mass is 359 g/mol. The zero-order valence-corrected chi connectivity index (χ0v) is 13.9. The minimum Gasteiger partial charge on any atom is -0.444 e. The summed E-state index contributed by atoms with van der Waals surface area (Å²) in [5.41, 5.74) is 6.82. The summed E-state index contributed by atoms with van der Waals surface area (Å²) < 4.78 is 19.8. The van der Waals surface area contributed by atoms with Gasteiger partial charge in [0.15, 0.2) is 0 Å². The maximum atomic E-state index is 14.6. The number of nitrogens with zero attached hydrogens (tertiary/aromatic N) is 2. The van der Waals surface area contributed by atoms with Crippen LogP contribution in [0.4, 0.5) is 14.9 Å². The second-order valence-corrected chi connectivity index (χ2v) is 5.98. The summed E-state index contributed by atoms with van der Waals surface area (Å²) in [7, 11) is 0. The highest BCUT2D eigenvalue weighted by molar-refractivity contribution is 5.90. The first-order valence-corrected chi connectivity index (χ1v) is 8.10. The molecule has 26 heavy (non-hydrogen) atoms. The van der Waals surface area contributed by atoms with E-state index in [0.717, 1.165) is 0 Å². The van der Waals surface area contributed by atoms with E-state index < -0.39 is 23.9 Å². The van der Waals surface area contributed by atoms with Gasteiger partial charge in [0.25, 0.3) is 0 Å². The number of aromatic nitrogens is 1. The smallest absolute Gasteiger partial charge is 0.414 e. The molecule has 3 rings (SSSR count). The number of halogens is 1. The minimum atomic E-state index is -0.585. The van der Waals surface area contributed by atoms with Gasteiger partial charge in [0, 0.05) is 18.2 Å². The van der Waals surface area contributed by atoms with Crippen LogP contribution in [0, 0.1) is 5.82 Å². The van der Waals surface area contributed by atoms with Crippen LogP contribution in [0.5, 0.6) is 0 Å². The number of primary amides is 1. The van der Waals surface area contributed by atoms with Gasteiger partial charge in [0.05, 0.1) is 24.5 Å². The number of cyclic esters (lactones) is 1. The van der Waals surface area contributed by atoms with Crippen molar-refractivity contribution in [2.45, 2.75) is 25.6 Å². The van der Waals surface area contributed by atoms with E-state index in [1.54, 1.807) is 24.3 Å². The van der Waals surface area contributed by atoms with Crippen LogP contribution in [-0.4, -0.2) is 34.7 Å². The molecule has 0 aliphatic carbocycles. The van der Waals surface area contributed by atoms with Crippen molar-refractivity contribution in [2.75, 3.05) is 11.4 Å². The Morgan fingerprint density at radius 1 is 1.38 bits per heavy atom. The molecule has 136 valence electrons. The van der Waals surface area contributed by atoms with E-state index in [4.69, 9.17) is 15.6 Å². The average Bonchev–Trinajstić information content (AvgIpc) is 3.00. The van der Waals surface area contributed by atoms with Gasteiger partial charge in [-0.2, -0.15) is 0 Å². The number of aliphatic hydroxyl groups is 1. The third kappa shape index (κ3) is 3.80. The molecule has 2 aromatic rings. The molecule has 0 spiro atoms. The number of hydrogen-bond acceptors (Lipinski definition) is 5. The molecule has 1 unspecified atom stereocenters. The lowest BCUT2D eigenvalue weighted by atomic mass is 10.0. The molecule has 1 atom stereocenters. The first-order chi connectivity index (χ1) is 12.5. The fraction of sp³-hybridized carbons (Fsp3) is 0.278. The number of hydrogen-bond donors (Lipinski definition) is 2. The summed E-state index contributed by atoms with van der Waals surface area (Å²) in [6.07, 6.45) is 0.908. The Morgan fingerprint density at radius 3 is 2.88 bits per heavy atom. The lowest BCUT2D eigenvalue weighted by molar-refractivity contribution is -0.118.